The highest BCUT2D eigenvalue weighted by atomic mass is 32.1. The van der Waals surface area contributed by atoms with Crippen LogP contribution in [0.4, 0.5) is 0 Å². The molecule has 3 N–H and O–H groups in total. The van der Waals surface area contributed by atoms with Crippen molar-refractivity contribution in [3.63, 3.8) is 0 Å². The summed E-state index contributed by atoms with van der Waals surface area (Å²) in [5.41, 5.74) is 6.70. The predicted octanol–water partition coefficient (Wildman–Crippen LogP) is 2.97. The molecule has 0 amide bonds. The molecule has 20 heavy (non-hydrogen) atoms. The van der Waals surface area contributed by atoms with Gasteiger partial charge in [-0.2, -0.15) is 0 Å². The second-order valence-corrected chi connectivity index (χ2v) is 6.07. The van der Waals surface area contributed by atoms with Gasteiger partial charge in [-0.3, -0.25) is 4.79 Å². The first-order valence-corrected chi connectivity index (χ1v) is 7.49. The summed E-state index contributed by atoms with van der Waals surface area (Å²) in [5, 5.41) is 11.7. The van der Waals surface area contributed by atoms with Gasteiger partial charge in [0.25, 0.3) is 0 Å². The maximum Gasteiger partial charge on any atom is 0.315 e. The van der Waals surface area contributed by atoms with Gasteiger partial charge in [-0.25, -0.2) is 0 Å². The highest BCUT2D eigenvalue weighted by Gasteiger charge is 2.38. The van der Waals surface area contributed by atoms with Gasteiger partial charge in [-0.05, 0) is 36.8 Å². The molecule has 0 fully saturated rings. The van der Waals surface area contributed by atoms with Crippen molar-refractivity contribution in [3.8, 4) is 0 Å². The van der Waals surface area contributed by atoms with E-state index in [1.165, 1.54) is 4.88 Å². The number of carboxylic acid groups (broad SMARTS) is 1. The molecular formula is C16H19NO2S. The van der Waals surface area contributed by atoms with Gasteiger partial charge in [-0.1, -0.05) is 35.9 Å². The SMILES string of the molecule is Cc1cccc(C(CN)(CCc2cccs2)C(=O)O)c1. The fourth-order valence-electron chi connectivity index (χ4n) is 2.42. The minimum Gasteiger partial charge on any atom is -0.481 e. The maximum atomic E-state index is 11.8. The Hall–Kier alpha value is -1.65. The van der Waals surface area contributed by atoms with Crippen LogP contribution in [0.15, 0.2) is 41.8 Å². The molecule has 3 nitrogen and oxygen atoms in total. The highest BCUT2D eigenvalue weighted by molar-refractivity contribution is 7.09. The zero-order valence-electron chi connectivity index (χ0n) is 11.5. The lowest BCUT2D eigenvalue weighted by molar-refractivity contribution is -0.143. The van der Waals surface area contributed by atoms with Gasteiger partial charge in [0.1, 0.15) is 5.41 Å². The molecule has 0 aliphatic rings. The lowest BCUT2D eigenvalue weighted by Crippen LogP contribution is -2.43. The molecule has 0 aliphatic carbocycles. The lowest BCUT2D eigenvalue weighted by atomic mass is 9.76. The average Bonchev–Trinajstić information content (AvgIpc) is 2.93. The number of rotatable bonds is 6. The Labute approximate surface area is 123 Å². The average molecular weight is 289 g/mol. The van der Waals surface area contributed by atoms with E-state index in [4.69, 9.17) is 5.73 Å². The van der Waals surface area contributed by atoms with Crippen LogP contribution in [0.2, 0.25) is 0 Å². The van der Waals surface area contributed by atoms with E-state index in [1.807, 2.05) is 48.7 Å². The summed E-state index contributed by atoms with van der Waals surface area (Å²) in [6.45, 7) is 2.07. The largest absolute Gasteiger partial charge is 0.481 e. The van der Waals surface area contributed by atoms with Gasteiger partial charge in [-0.15, -0.1) is 11.3 Å². The number of carboxylic acids is 1. The van der Waals surface area contributed by atoms with E-state index in [2.05, 4.69) is 0 Å². The lowest BCUT2D eigenvalue weighted by Gasteiger charge is -2.28. The van der Waals surface area contributed by atoms with E-state index in [0.29, 0.717) is 6.42 Å². The summed E-state index contributed by atoms with van der Waals surface area (Å²) in [6, 6.07) is 11.7. The molecule has 0 saturated carbocycles. The third kappa shape index (κ3) is 2.92. The number of nitrogens with two attached hydrogens (primary N) is 1. The molecule has 2 rings (SSSR count). The zero-order valence-corrected chi connectivity index (χ0v) is 12.3. The first-order chi connectivity index (χ1) is 9.58. The van der Waals surface area contributed by atoms with Crippen molar-refractivity contribution in [2.75, 3.05) is 6.54 Å². The fraction of sp³-hybridized carbons (Fsp3) is 0.312. The molecule has 1 atom stereocenters. The van der Waals surface area contributed by atoms with Gasteiger partial charge in [0.15, 0.2) is 0 Å². The number of hydrogen-bond acceptors (Lipinski definition) is 3. The molecule has 1 aromatic carbocycles. The van der Waals surface area contributed by atoms with Crippen LogP contribution in [0, 0.1) is 6.92 Å². The summed E-state index contributed by atoms with van der Waals surface area (Å²) in [7, 11) is 0. The van der Waals surface area contributed by atoms with Crippen LogP contribution in [0.1, 0.15) is 22.4 Å². The van der Waals surface area contributed by atoms with E-state index in [9.17, 15) is 9.90 Å². The Morgan fingerprint density at radius 1 is 1.35 bits per heavy atom. The Balaban J connectivity index is 2.32. The normalized spacial score (nSPS) is 13.9. The van der Waals surface area contributed by atoms with Crippen molar-refractivity contribution in [1.82, 2.24) is 0 Å². The summed E-state index contributed by atoms with van der Waals surface area (Å²) >= 11 is 1.65. The van der Waals surface area contributed by atoms with Crippen LogP contribution < -0.4 is 5.73 Å². The van der Waals surface area contributed by atoms with Crippen molar-refractivity contribution in [3.05, 3.63) is 57.8 Å². The third-order valence-corrected chi connectivity index (χ3v) is 4.64. The van der Waals surface area contributed by atoms with Crippen molar-refractivity contribution in [2.24, 2.45) is 5.73 Å². The first kappa shape index (κ1) is 14.8. The van der Waals surface area contributed by atoms with Crippen LogP contribution in [0.3, 0.4) is 0 Å². The summed E-state index contributed by atoms with van der Waals surface area (Å²) in [4.78, 5) is 13.0. The fourth-order valence-corrected chi connectivity index (χ4v) is 3.13. The van der Waals surface area contributed by atoms with Gasteiger partial charge < -0.3 is 10.8 Å². The van der Waals surface area contributed by atoms with Crippen LogP contribution >= 0.6 is 11.3 Å². The van der Waals surface area contributed by atoms with Gasteiger partial charge in [0.2, 0.25) is 0 Å². The molecule has 1 unspecified atom stereocenters. The molecule has 4 heteroatoms. The van der Waals surface area contributed by atoms with E-state index < -0.39 is 11.4 Å². The van der Waals surface area contributed by atoms with Gasteiger partial charge in [0, 0.05) is 11.4 Å². The molecule has 106 valence electrons. The van der Waals surface area contributed by atoms with E-state index in [1.54, 1.807) is 11.3 Å². The molecule has 0 saturated heterocycles. The van der Waals surface area contributed by atoms with E-state index in [-0.39, 0.29) is 6.54 Å². The minimum atomic E-state index is -1.00. The molecule has 1 heterocycles. The molecule has 0 aliphatic heterocycles. The molecule has 0 radical (unpaired) electrons. The Kier molecular flexibility index (Phi) is 4.57. The van der Waals surface area contributed by atoms with Crippen LogP contribution in [0.5, 0.6) is 0 Å². The third-order valence-electron chi connectivity index (χ3n) is 3.71. The number of aliphatic carboxylic acids is 1. The second-order valence-electron chi connectivity index (χ2n) is 5.04. The number of thiophene rings is 1. The number of benzene rings is 1. The topological polar surface area (TPSA) is 63.3 Å². The monoisotopic (exact) mass is 289 g/mol. The summed E-state index contributed by atoms with van der Waals surface area (Å²) in [5.74, 6) is -0.845. The van der Waals surface area contributed by atoms with Crippen molar-refractivity contribution < 1.29 is 9.90 Å². The maximum absolute atomic E-state index is 11.8. The molecule has 1 aromatic heterocycles. The van der Waals surface area contributed by atoms with Crippen LogP contribution in [0.25, 0.3) is 0 Å². The molecule has 2 aromatic rings. The minimum absolute atomic E-state index is 0.108. The van der Waals surface area contributed by atoms with E-state index in [0.717, 1.165) is 17.5 Å². The number of aryl methyl sites for hydroxylation is 2. The molecule has 0 bridgehead atoms. The van der Waals surface area contributed by atoms with Crippen molar-refractivity contribution in [2.45, 2.75) is 25.2 Å². The first-order valence-electron chi connectivity index (χ1n) is 6.61. The quantitative estimate of drug-likeness (QED) is 0.859. The van der Waals surface area contributed by atoms with E-state index >= 15 is 0 Å². The number of carbonyl (C=O) groups is 1. The highest BCUT2D eigenvalue weighted by Crippen LogP contribution is 2.30. The van der Waals surface area contributed by atoms with Crippen molar-refractivity contribution >= 4 is 17.3 Å². The second kappa shape index (κ2) is 6.20. The Bertz CT molecular complexity index is 580. The van der Waals surface area contributed by atoms with Gasteiger partial charge >= 0.3 is 5.97 Å². The Morgan fingerprint density at radius 3 is 2.70 bits per heavy atom. The Morgan fingerprint density at radius 2 is 2.15 bits per heavy atom. The summed E-state index contributed by atoms with van der Waals surface area (Å²) < 4.78 is 0. The summed E-state index contributed by atoms with van der Waals surface area (Å²) in [6.07, 6.45) is 1.25. The molecule has 0 spiro atoms. The number of hydrogen-bond donors (Lipinski definition) is 2. The van der Waals surface area contributed by atoms with Crippen LogP contribution in [-0.4, -0.2) is 17.6 Å². The van der Waals surface area contributed by atoms with Crippen LogP contribution in [-0.2, 0) is 16.6 Å². The van der Waals surface area contributed by atoms with Gasteiger partial charge in [0.05, 0.1) is 0 Å². The predicted molar refractivity (Wildman–Crippen MR) is 82.2 cm³/mol. The van der Waals surface area contributed by atoms with Crippen molar-refractivity contribution in [1.29, 1.82) is 0 Å². The molecular weight excluding hydrogens is 270 g/mol. The smallest absolute Gasteiger partial charge is 0.315 e. The standard InChI is InChI=1S/C16H19NO2S/c1-12-4-2-5-13(10-12)16(11-17,15(18)19)8-7-14-6-3-9-20-14/h2-6,9-10H,7-8,11,17H2,1H3,(H,18,19). The zero-order chi connectivity index (χ0) is 14.6.